The number of nitrogens with one attached hydrogen (secondary N) is 1. The van der Waals surface area contributed by atoms with E-state index in [0.717, 1.165) is 19.4 Å². The Labute approximate surface area is 99.7 Å². The van der Waals surface area contributed by atoms with Crippen LogP contribution in [0.25, 0.3) is 0 Å². The molecule has 1 heterocycles. The van der Waals surface area contributed by atoms with E-state index >= 15 is 0 Å². The minimum absolute atomic E-state index is 0.148. The minimum atomic E-state index is -0.389. The lowest BCUT2D eigenvalue weighted by Gasteiger charge is -2.23. The van der Waals surface area contributed by atoms with Gasteiger partial charge in [0.25, 0.3) is 0 Å². The van der Waals surface area contributed by atoms with Crippen molar-refractivity contribution in [2.24, 2.45) is 0 Å². The SMILES string of the molecule is Fc1c(Cl)cccc1NCC1CCCCO1. The number of rotatable bonds is 3. The number of benzene rings is 1. The van der Waals surface area contributed by atoms with E-state index in [1.54, 1.807) is 18.2 Å². The van der Waals surface area contributed by atoms with E-state index in [-0.39, 0.29) is 16.9 Å². The Kier molecular flexibility index (Phi) is 4.02. The van der Waals surface area contributed by atoms with Gasteiger partial charge < -0.3 is 10.1 Å². The van der Waals surface area contributed by atoms with Crippen LogP contribution in [-0.2, 0) is 4.74 Å². The van der Waals surface area contributed by atoms with Gasteiger partial charge in [0.15, 0.2) is 5.82 Å². The van der Waals surface area contributed by atoms with Crippen molar-refractivity contribution < 1.29 is 9.13 Å². The van der Waals surface area contributed by atoms with Crippen molar-refractivity contribution in [1.29, 1.82) is 0 Å². The van der Waals surface area contributed by atoms with Crippen molar-refractivity contribution in [3.63, 3.8) is 0 Å². The Hall–Kier alpha value is -0.800. The number of anilines is 1. The van der Waals surface area contributed by atoms with Crippen LogP contribution in [0.3, 0.4) is 0 Å². The summed E-state index contributed by atoms with van der Waals surface area (Å²) >= 11 is 5.69. The van der Waals surface area contributed by atoms with Crippen LogP contribution in [0, 0.1) is 5.82 Å². The van der Waals surface area contributed by atoms with E-state index < -0.39 is 0 Å². The van der Waals surface area contributed by atoms with Gasteiger partial charge in [-0.2, -0.15) is 0 Å². The van der Waals surface area contributed by atoms with Gasteiger partial charge in [0.1, 0.15) is 0 Å². The Morgan fingerprint density at radius 1 is 1.44 bits per heavy atom. The average Bonchev–Trinajstić information content (AvgIpc) is 2.32. The maximum absolute atomic E-state index is 13.5. The molecule has 0 aliphatic carbocycles. The van der Waals surface area contributed by atoms with Crippen LogP contribution in [-0.4, -0.2) is 19.3 Å². The molecule has 1 aliphatic rings. The monoisotopic (exact) mass is 243 g/mol. The first-order chi connectivity index (χ1) is 7.77. The third kappa shape index (κ3) is 2.86. The lowest BCUT2D eigenvalue weighted by atomic mass is 10.1. The van der Waals surface area contributed by atoms with Gasteiger partial charge in [0, 0.05) is 13.2 Å². The summed E-state index contributed by atoms with van der Waals surface area (Å²) in [5.41, 5.74) is 0.446. The topological polar surface area (TPSA) is 21.3 Å². The molecule has 0 radical (unpaired) electrons. The Morgan fingerprint density at radius 2 is 2.31 bits per heavy atom. The van der Waals surface area contributed by atoms with E-state index in [0.29, 0.717) is 12.2 Å². The molecule has 4 heteroatoms. The molecule has 0 bridgehead atoms. The molecule has 1 unspecified atom stereocenters. The van der Waals surface area contributed by atoms with Crippen LogP contribution in [0.5, 0.6) is 0 Å². The fourth-order valence-electron chi connectivity index (χ4n) is 1.83. The van der Waals surface area contributed by atoms with E-state index in [1.165, 1.54) is 6.42 Å². The van der Waals surface area contributed by atoms with Gasteiger partial charge in [0.05, 0.1) is 16.8 Å². The molecule has 88 valence electrons. The standard InChI is InChI=1S/C12H15ClFNO/c13-10-5-3-6-11(12(10)14)15-8-9-4-1-2-7-16-9/h3,5-6,9,15H,1-2,4,7-8H2. The predicted molar refractivity (Wildman–Crippen MR) is 63.5 cm³/mol. The van der Waals surface area contributed by atoms with Gasteiger partial charge in [-0.1, -0.05) is 17.7 Å². The zero-order valence-corrected chi connectivity index (χ0v) is 9.77. The lowest BCUT2D eigenvalue weighted by Crippen LogP contribution is -2.27. The quantitative estimate of drug-likeness (QED) is 0.878. The molecular formula is C12H15ClFNO. The summed E-state index contributed by atoms with van der Waals surface area (Å²) in [6.45, 7) is 1.45. The Morgan fingerprint density at radius 3 is 3.06 bits per heavy atom. The summed E-state index contributed by atoms with van der Waals surface area (Å²) in [6.07, 6.45) is 3.54. The number of halogens is 2. The molecule has 1 aromatic rings. The first-order valence-electron chi connectivity index (χ1n) is 5.57. The zero-order chi connectivity index (χ0) is 11.4. The van der Waals surface area contributed by atoms with E-state index in [1.807, 2.05) is 0 Å². The molecule has 1 saturated heterocycles. The van der Waals surface area contributed by atoms with Crippen molar-refractivity contribution in [1.82, 2.24) is 0 Å². The highest BCUT2D eigenvalue weighted by atomic mass is 35.5. The smallest absolute Gasteiger partial charge is 0.164 e. The maximum atomic E-state index is 13.5. The summed E-state index contributed by atoms with van der Waals surface area (Å²) in [6, 6.07) is 4.96. The van der Waals surface area contributed by atoms with Crippen LogP contribution >= 0.6 is 11.6 Å². The molecule has 2 rings (SSSR count). The lowest BCUT2D eigenvalue weighted by molar-refractivity contribution is 0.0247. The van der Waals surface area contributed by atoms with Gasteiger partial charge in [-0.25, -0.2) is 4.39 Å². The highest BCUT2D eigenvalue weighted by Crippen LogP contribution is 2.22. The second-order valence-corrected chi connectivity index (χ2v) is 4.38. The molecule has 1 atom stereocenters. The fourth-order valence-corrected chi connectivity index (χ4v) is 2.01. The molecule has 16 heavy (non-hydrogen) atoms. The predicted octanol–water partition coefficient (Wildman–Crippen LogP) is 3.46. The van der Waals surface area contributed by atoms with Gasteiger partial charge in [-0.3, -0.25) is 0 Å². The molecule has 0 spiro atoms. The zero-order valence-electron chi connectivity index (χ0n) is 9.01. The summed E-state index contributed by atoms with van der Waals surface area (Å²) in [7, 11) is 0. The van der Waals surface area contributed by atoms with Crippen LogP contribution in [0.2, 0.25) is 5.02 Å². The number of hydrogen-bond acceptors (Lipinski definition) is 2. The summed E-state index contributed by atoms with van der Waals surface area (Å²) in [5.74, 6) is -0.389. The van der Waals surface area contributed by atoms with Crippen molar-refractivity contribution in [3.05, 3.63) is 29.0 Å². The molecule has 2 nitrogen and oxygen atoms in total. The third-order valence-corrected chi connectivity index (χ3v) is 3.04. The van der Waals surface area contributed by atoms with Gasteiger partial charge in [-0.15, -0.1) is 0 Å². The van der Waals surface area contributed by atoms with Gasteiger partial charge in [0.2, 0.25) is 0 Å². The van der Waals surface area contributed by atoms with Crippen molar-refractivity contribution in [2.45, 2.75) is 25.4 Å². The van der Waals surface area contributed by atoms with Crippen LogP contribution in [0.15, 0.2) is 18.2 Å². The van der Waals surface area contributed by atoms with E-state index in [9.17, 15) is 4.39 Å². The van der Waals surface area contributed by atoms with Crippen molar-refractivity contribution in [3.8, 4) is 0 Å². The largest absolute Gasteiger partial charge is 0.380 e. The first kappa shape index (κ1) is 11.7. The van der Waals surface area contributed by atoms with E-state index in [4.69, 9.17) is 16.3 Å². The summed E-state index contributed by atoms with van der Waals surface area (Å²) in [4.78, 5) is 0. The van der Waals surface area contributed by atoms with Gasteiger partial charge >= 0.3 is 0 Å². The Balaban J connectivity index is 1.91. The van der Waals surface area contributed by atoms with Crippen molar-refractivity contribution >= 4 is 17.3 Å². The molecule has 1 aliphatic heterocycles. The van der Waals surface area contributed by atoms with Crippen LogP contribution < -0.4 is 5.32 Å². The Bertz CT molecular complexity index is 353. The average molecular weight is 244 g/mol. The second-order valence-electron chi connectivity index (χ2n) is 3.97. The van der Waals surface area contributed by atoms with Gasteiger partial charge in [-0.05, 0) is 31.4 Å². The number of hydrogen-bond donors (Lipinski definition) is 1. The second kappa shape index (κ2) is 5.51. The van der Waals surface area contributed by atoms with Crippen LogP contribution in [0.1, 0.15) is 19.3 Å². The maximum Gasteiger partial charge on any atom is 0.164 e. The highest BCUT2D eigenvalue weighted by Gasteiger charge is 2.14. The first-order valence-corrected chi connectivity index (χ1v) is 5.94. The molecule has 1 N–H and O–H groups in total. The van der Waals surface area contributed by atoms with E-state index in [2.05, 4.69) is 5.32 Å². The van der Waals surface area contributed by atoms with Crippen LogP contribution in [0.4, 0.5) is 10.1 Å². The number of ether oxygens (including phenoxy) is 1. The summed E-state index contributed by atoms with van der Waals surface area (Å²) in [5, 5.41) is 3.19. The molecule has 0 saturated carbocycles. The fraction of sp³-hybridized carbons (Fsp3) is 0.500. The van der Waals surface area contributed by atoms with Crippen molar-refractivity contribution in [2.75, 3.05) is 18.5 Å². The molecule has 0 aromatic heterocycles. The molecule has 1 aromatic carbocycles. The highest BCUT2D eigenvalue weighted by molar-refractivity contribution is 6.31. The third-order valence-electron chi connectivity index (χ3n) is 2.75. The minimum Gasteiger partial charge on any atom is -0.380 e. The normalized spacial score (nSPS) is 20.8. The summed E-state index contributed by atoms with van der Waals surface area (Å²) < 4.78 is 19.1. The molecular weight excluding hydrogens is 229 g/mol. The molecule has 1 fully saturated rings. The molecule has 0 amide bonds.